The topological polar surface area (TPSA) is 95.5 Å². The standard InChI is InChI=1S/C19H26N2O4S/c1-18(2,3)16(23)20-12-13-4-6-14(7-5-13)15(22)21-19(17(24)25)8-10-26-11-9-19/h4-7H,8-12H2,1-3H3,(H,20,23)(H,21,22)(H,24,25). The van der Waals surface area contributed by atoms with Crippen LogP contribution in [0.3, 0.4) is 0 Å². The second-order valence-corrected chi connectivity index (χ2v) is 8.81. The summed E-state index contributed by atoms with van der Waals surface area (Å²) >= 11 is 1.70. The molecule has 1 heterocycles. The first-order valence-corrected chi connectivity index (χ1v) is 9.80. The van der Waals surface area contributed by atoms with E-state index >= 15 is 0 Å². The number of carbonyl (C=O) groups excluding carboxylic acids is 2. The molecule has 2 amide bonds. The minimum absolute atomic E-state index is 0.0436. The van der Waals surface area contributed by atoms with Gasteiger partial charge in [0.2, 0.25) is 5.91 Å². The summed E-state index contributed by atoms with van der Waals surface area (Å²) in [5, 5.41) is 15.1. The van der Waals surface area contributed by atoms with E-state index < -0.39 is 16.9 Å². The van der Waals surface area contributed by atoms with Gasteiger partial charge in [0.05, 0.1) is 0 Å². The first kappa shape index (κ1) is 20.3. The van der Waals surface area contributed by atoms with E-state index in [9.17, 15) is 19.5 Å². The number of rotatable bonds is 5. The molecule has 3 N–H and O–H groups in total. The van der Waals surface area contributed by atoms with E-state index in [1.165, 1.54) is 0 Å². The van der Waals surface area contributed by atoms with Crippen LogP contribution in [0.2, 0.25) is 0 Å². The van der Waals surface area contributed by atoms with E-state index in [2.05, 4.69) is 10.6 Å². The number of nitrogens with one attached hydrogen (secondary N) is 2. The maximum absolute atomic E-state index is 12.5. The maximum Gasteiger partial charge on any atom is 0.329 e. The van der Waals surface area contributed by atoms with Gasteiger partial charge >= 0.3 is 5.97 Å². The van der Waals surface area contributed by atoms with E-state index in [0.717, 1.165) is 17.1 Å². The van der Waals surface area contributed by atoms with E-state index in [0.29, 0.717) is 24.9 Å². The summed E-state index contributed by atoms with van der Waals surface area (Å²) in [4.78, 5) is 36.0. The van der Waals surface area contributed by atoms with Gasteiger partial charge in [-0.1, -0.05) is 32.9 Å². The van der Waals surface area contributed by atoms with Crippen molar-refractivity contribution < 1.29 is 19.5 Å². The van der Waals surface area contributed by atoms with Gasteiger partial charge in [0, 0.05) is 17.5 Å². The zero-order chi connectivity index (χ0) is 19.4. The molecule has 0 bridgehead atoms. The molecule has 1 aromatic carbocycles. The van der Waals surface area contributed by atoms with Crippen molar-refractivity contribution in [1.82, 2.24) is 10.6 Å². The molecule has 2 rings (SSSR count). The van der Waals surface area contributed by atoms with Crippen molar-refractivity contribution in [3.63, 3.8) is 0 Å². The summed E-state index contributed by atoms with van der Waals surface area (Å²) in [5.74, 6) is 0.0352. The lowest BCUT2D eigenvalue weighted by Crippen LogP contribution is -2.56. The second-order valence-electron chi connectivity index (χ2n) is 7.58. The molecule has 1 fully saturated rings. The van der Waals surface area contributed by atoms with Crippen LogP contribution in [-0.4, -0.2) is 39.9 Å². The summed E-state index contributed by atoms with van der Waals surface area (Å²) < 4.78 is 0. The van der Waals surface area contributed by atoms with Gasteiger partial charge in [-0.15, -0.1) is 0 Å². The quantitative estimate of drug-likeness (QED) is 0.731. The van der Waals surface area contributed by atoms with Gasteiger partial charge < -0.3 is 15.7 Å². The number of amides is 2. The molecule has 26 heavy (non-hydrogen) atoms. The third-order valence-electron chi connectivity index (χ3n) is 4.46. The lowest BCUT2D eigenvalue weighted by Gasteiger charge is -2.33. The molecule has 0 spiro atoms. The molecular weight excluding hydrogens is 352 g/mol. The Balaban J connectivity index is 2.00. The summed E-state index contributed by atoms with van der Waals surface area (Å²) in [6, 6.07) is 6.84. The van der Waals surface area contributed by atoms with Crippen LogP contribution in [0.1, 0.15) is 49.5 Å². The average Bonchev–Trinajstić information content (AvgIpc) is 2.59. The SMILES string of the molecule is CC(C)(C)C(=O)NCc1ccc(C(=O)NC2(C(=O)O)CCSCC2)cc1. The van der Waals surface area contributed by atoms with Gasteiger partial charge in [-0.3, -0.25) is 9.59 Å². The van der Waals surface area contributed by atoms with Gasteiger partial charge in [-0.2, -0.15) is 11.8 Å². The normalized spacial score (nSPS) is 16.6. The van der Waals surface area contributed by atoms with Crippen molar-refractivity contribution in [3.05, 3.63) is 35.4 Å². The molecule has 0 unspecified atom stereocenters. The van der Waals surface area contributed by atoms with E-state index in [-0.39, 0.29) is 11.8 Å². The Morgan fingerprint density at radius 2 is 1.69 bits per heavy atom. The first-order valence-electron chi connectivity index (χ1n) is 8.65. The fourth-order valence-corrected chi connectivity index (χ4v) is 3.81. The molecule has 0 saturated carbocycles. The zero-order valence-electron chi connectivity index (χ0n) is 15.4. The minimum atomic E-state index is -1.18. The average molecular weight is 378 g/mol. The van der Waals surface area contributed by atoms with Gasteiger partial charge in [-0.05, 0) is 42.0 Å². The number of carbonyl (C=O) groups is 3. The Morgan fingerprint density at radius 1 is 1.12 bits per heavy atom. The van der Waals surface area contributed by atoms with Crippen LogP contribution in [0.25, 0.3) is 0 Å². The molecular formula is C19H26N2O4S. The fourth-order valence-electron chi connectivity index (χ4n) is 2.62. The predicted octanol–water partition coefficient (Wildman–Crippen LogP) is 2.43. The van der Waals surface area contributed by atoms with Crippen molar-refractivity contribution in [2.24, 2.45) is 5.41 Å². The Labute approximate surface area is 158 Å². The number of thioether (sulfide) groups is 1. The Hall–Kier alpha value is -2.02. The molecule has 1 saturated heterocycles. The molecule has 0 radical (unpaired) electrons. The van der Waals surface area contributed by atoms with E-state index in [1.54, 1.807) is 36.0 Å². The van der Waals surface area contributed by atoms with Crippen molar-refractivity contribution in [2.75, 3.05) is 11.5 Å². The van der Waals surface area contributed by atoms with Gasteiger partial charge in [0.1, 0.15) is 5.54 Å². The van der Waals surface area contributed by atoms with Crippen molar-refractivity contribution in [3.8, 4) is 0 Å². The predicted molar refractivity (Wildman–Crippen MR) is 102 cm³/mol. The lowest BCUT2D eigenvalue weighted by molar-refractivity contribution is -0.144. The third-order valence-corrected chi connectivity index (χ3v) is 5.44. The molecule has 1 aromatic rings. The second kappa shape index (κ2) is 8.12. The summed E-state index contributed by atoms with van der Waals surface area (Å²) in [6.07, 6.45) is 0.852. The highest BCUT2D eigenvalue weighted by Gasteiger charge is 2.41. The molecule has 142 valence electrons. The molecule has 0 aromatic heterocycles. The van der Waals surface area contributed by atoms with Crippen molar-refractivity contribution >= 4 is 29.5 Å². The number of carboxylic acids is 1. The Bertz CT molecular complexity index is 674. The summed E-state index contributed by atoms with van der Waals surface area (Å²) in [5.41, 5.74) is -0.346. The molecule has 1 aliphatic rings. The van der Waals surface area contributed by atoms with Crippen LogP contribution in [0.5, 0.6) is 0 Å². The van der Waals surface area contributed by atoms with E-state index in [1.807, 2.05) is 20.8 Å². The fraction of sp³-hybridized carbons (Fsp3) is 0.526. The zero-order valence-corrected chi connectivity index (χ0v) is 16.2. The van der Waals surface area contributed by atoms with Crippen LogP contribution in [0.15, 0.2) is 24.3 Å². The van der Waals surface area contributed by atoms with Gasteiger partial charge in [0.15, 0.2) is 0 Å². The number of hydrogen-bond acceptors (Lipinski definition) is 4. The summed E-state index contributed by atoms with van der Waals surface area (Å²) in [6.45, 7) is 5.92. The Morgan fingerprint density at radius 3 is 2.19 bits per heavy atom. The monoisotopic (exact) mass is 378 g/mol. The number of carboxylic acid groups (broad SMARTS) is 1. The van der Waals surface area contributed by atoms with E-state index in [4.69, 9.17) is 0 Å². The van der Waals surface area contributed by atoms with Crippen molar-refractivity contribution in [1.29, 1.82) is 0 Å². The number of hydrogen-bond donors (Lipinski definition) is 3. The molecule has 0 aliphatic carbocycles. The number of aliphatic carboxylic acids is 1. The Kier molecular flexibility index (Phi) is 6.34. The van der Waals surface area contributed by atoms with Gasteiger partial charge in [-0.25, -0.2) is 4.79 Å². The molecule has 6 nitrogen and oxygen atoms in total. The van der Waals surface area contributed by atoms with Gasteiger partial charge in [0.25, 0.3) is 5.91 Å². The lowest BCUT2D eigenvalue weighted by atomic mass is 9.91. The molecule has 1 aliphatic heterocycles. The van der Waals surface area contributed by atoms with Crippen molar-refractivity contribution in [2.45, 2.75) is 45.7 Å². The highest BCUT2D eigenvalue weighted by atomic mass is 32.2. The largest absolute Gasteiger partial charge is 0.480 e. The minimum Gasteiger partial charge on any atom is -0.480 e. The highest BCUT2D eigenvalue weighted by molar-refractivity contribution is 7.99. The van der Waals surface area contributed by atoms with Crippen LogP contribution < -0.4 is 10.6 Å². The smallest absolute Gasteiger partial charge is 0.329 e. The van der Waals surface area contributed by atoms with Crippen LogP contribution in [0.4, 0.5) is 0 Å². The maximum atomic E-state index is 12.5. The molecule has 7 heteroatoms. The summed E-state index contributed by atoms with van der Waals surface area (Å²) in [7, 11) is 0. The number of benzene rings is 1. The van der Waals surface area contributed by atoms with Crippen LogP contribution in [0, 0.1) is 5.41 Å². The van der Waals surface area contributed by atoms with Crippen LogP contribution in [-0.2, 0) is 16.1 Å². The third kappa shape index (κ3) is 5.00. The highest BCUT2D eigenvalue weighted by Crippen LogP contribution is 2.27. The molecule has 0 atom stereocenters. The first-order chi connectivity index (χ1) is 12.1. The van der Waals surface area contributed by atoms with Crippen LogP contribution >= 0.6 is 11.8 Å².